The molecule has 0 aromatic heterocycles. The average Bonchev–Trinajstić information content (AvgIpc) is 2.40. The first-order valence-corrected chi connectivity index (χ1v) is 6.06. The van der Waals surface area contributed by atoms with Crippen LogP contribution in [-0.4, -0.2) is 12.5 Å². The number of carbonyl (C=O) groups excluding carboxylic acids is 1. The first kappa shape index (κ1) is 13.2. The second-order valence-corrected chi connectivity index (χ2v) is 4.26. The number of para-hydroxylation sites is 3. The summed E-state index contributed by atoms with van der Waals surface area (Å²) in [6.07, 6.45) is 0. The van der Waals surface area contributed by atoms with Gasteiger partial charge in [-0.05, 0) is 24.3 Å². The number of benzene rings is 2. The van der Waals surface area contributed by atoms with E-state index >= 15 is 0 Å². The zero-order valence-electron chi connectivity index (χ0n) is 10.1. The lowest BCUT2D eigenvalue weighted by Gasteiger charge is -2.09. The minimum atomic E-state index is -0.295. The van der Waals surface area contributed by atoms with E-state index in [-0.39, 0.29) is 12.5 Å². The van der Waals surface area contributed by atoms with E-state index < -0.39 is 0 Å². The number of hydrogen-bond donors (Lipinski definition) is 2. The predicted octanol–water partition coefficient (Wildman–Crippen LogP) is 2.94. The van der Waals surface area contributed by atoms with Gasteiger partial charge in [-0.1, -0.05) is 35.9 Å². The molecule has 0 spiro atoms. The Morgan fingerprint density at radius 3 is 2.58 bits per heavy atom. The second-order valence-electron chi connectivity index (χ2n) is 3.85. The minimum absolute atomic E-state index is 0.126. The van der Waals surface area contributed by atoms with E-state index in [1.54, 1.807) is 48.5 Å². The Kier molecular flexibility index (Phi) is 4.26. The van der Waals surface area contributed by atoms with Gasteiger partial charge in [0.2, 0.25) is 0 Å². The highest BCUT2D eigenvalue weighted by Gasteiger charge is 2.07. The van der Waals surface area contributed by atoms with Gasteiger partial charge in [-0.2, -0.15) is 0 Å². The molecule has 19 heavy (non-hydrogen) atoms. The van der Waals surface area contributed by atoms with Crippen molar-refractivity contribution in [2.24, 2.45) is 0 Å². The molecule has 2 aromatic carbocycles. The number of ether oxygens (including phenoxy) is 1. The zero-order valence-corrected chi connectivity index (χ0v) is 10.9. The number of anilines is 2. The second kappa shape index (κ2) is 6.11. The van der Waals surface area contributed by atoms with Gasteiger partial charge in [0.05, 0.1) is 16.4 Å². The fourth-order valence-electron chi connectivity index (χ4n) is 1.50. The van der Waals surface area contributed by atoms with Crippen LogP contribution in [0.25, 0.3) is 0 Å². The maximum atomic E-state index is 11.7. The fraction of sp³-hybridized carbons (Fsp3) is 0.0714. The van der Waals surface area contributed by atoms with Crippen molar-refractivity contribution in [3.8, 4) is 5.75 Å². The van der Waals surface area contributed by atoms with Crippen LogP contribution in [0.3, 0.4) is 0 Å². The monoisotopic (exact) mass is 276 g/mol. The van der Waals surface area contributed by atoms with Crippen LogP contribution in [0.5, 0.6) is 5.75 Å². The molecule has 0 radical (unpaired) electrons. The van der Waals surface area contributed by atoms with E-state index in [4.69, 9.17) is 22.1 Å². The molecule has 98 valence electrons. The summed E-state index contributed by atoms with van der Waals surface area (Å²) in [7, 11) is 0. The number of rotatable bonds is 4. The summed E-state index contributed by atoms with van der Waals surface area (Å²) >= 11 is 5.94. The van der Waals surface area contributed by atoms with E-state index in [0.29, 0.717) is 22.1 Å². The van der Waals surface area contributed by atoms with Crippen LogP contribution in [0.15, 0.2) is 48.5 Å². The molecule has 0 heterocycles. The average molecular weight is 277 g/mol. The van der Waals surface area contributed by atoms with Crippen LogP contribution in [-0.2, 0) is 4.79 Å². The van der Waals surface area contributed by atoms with Crippen molar-refractivity contribution in [2.45, 2.75) is 0 Å². The van der Waals surface area contributed by atoms with Gasteiger partial charge in [0, 0.05) is 0 Å². The summed E-state index contributed by atoms with van der Waals surface area (Å²) in [6, 6.07) is 14.0. The topological polar surface area (TPSA) is 64.3 Å². The number of nitrogens with one attached hydrogen (secondary N) is 1. The third-order valence-corrected chi connectivity index (χ3v) is 2.76. The number of nitrogens with two attached hydrogens (primary N) is 1. The van der Waals surface area contributed by atoms with Gasteiger partial charge in [0.15, 0.2) is 6.61 Å². The Balaban J connectivity index is 1.92. The highest BCUT2D eigenvalue weighted by atomic mass is 35.5. The van der Waals surface area contributed by atoms with Crippen LogP contribution in [0.4, 0.5) is 11.4 Å². The van der Waals surface area contributed by atoms with Crippen molar-refractivity contribution in [1.82, 2.24) is 0 Å². The molecule has 0 saturated heterocycles. The number of carbonyl (C=O) groups is 1. The van der Waals surface area contributed by atoms with Crippen LogP contribution < -0.4 is 15.8 Å². The van der Waals surface area contributed by atoms with Crippen LogP contribution >= 0.6 is 11.6 Å². The summed E-state index contributed by atoms with van der Waals surface area (Å²) < 4.78 is 5.33. The molecular formula is C14H13ClN2O2. The molecule has 0 fully saturated rings. The van der Waals surface area contributed by atoms with Crippen molar-refractivity contribution < 1.29 is 9.53 Å². The Morgan fingerprint density at radius 1 is 1.16 bits per heavy atom. The number of hydrogen-bond acceptors (Lipinski definition) is 3. The number of amides is 1. The molecule has 2 aromatic rings. The summed E-state index contributed by atoms with van der Waals surface area (Å²) in [4.78, 5) is 11.7. The van der Waals surface area contributed by atoms with Gasteiger partial charge in [-0.25, -0.2) is 0 Å². The lowest BCUT2D eigenvalue weighted by Crippen LogP contribution is -2.20. The van der Waals surface area contributed by atoms with Crippen molar-refractivity contribution in [3.63, 3.8) is 0 Å². The molecule has 4 nitrogen and oxygen atoms in total. The van der Waals surface area contributed by atoms with Crippen molar-refractivity contribution >= 4 is 28.9 Å². The molecule has 0 bridgehead atoms. The highest BCUT2D eigenvalue weighted by Crippen LogP contribution is 2.21. The number of nitrogen functional groups attached to an aromatic ring is 1. The van der Waals surface area contributed by atoms with E-state index in [0.717, 1.165) is 0 Å². The maximum absolute atomic E-state index is 11.7. The molecule has 0 atom stereocenters. The molecule has 0 aliphatic carbocycles. The Labute approximate surface area is 116 Å². The van der Waals surface area contributed by atoms with Gasteiger partial charge < -0.3 is 15.8 Å². The standard InChI is InChI=1S/C14H13ClN2O2/c15-10-5-1-3-7-12(10)17-14(18)9-19-13-8-4-2-6-11(13)16/h1-8H,9,16H2,(H,17,18). The van der Waals surface area contributed by atoms with Crippen LogP contribution in [0, 0.1) is 0 Å². The summed E-state index contributed by atoms with van der Waals surface area (Å²) in [5.74, 6) is 0.188. The molecule has 0 unspecified atom stereocenters. The SMILES string of the molecule is Nc1ccccc1OCC(=O)Nc1ccccc1Cl. The summed E-state index contributed by atoms with van der Waals surface area (Å²) in [6.45, 7) is -0.126. The van der Waals surface area contributed by atoms with Crippen molar-refractivity contribution in [1.29, 1.82) is 0 Å². The van der Waals surface area contributed by atoms with Crippen molar-refractivity contribution in [3.05, 3.63) is 53.6 Å². The van der Waals surface area contributed by atoms with Crippen LogP contribution in [0.1, 0.15) is 0 Å². The van der Waals surface area contributed by atoms with Gasteiger partial charge in [0.1, 0.15) is 5.75 Å². The van der Waals surface area contributed by atoms with Gasteiger partial charge in [-0.15, -0.1) is 0 Å². The molecule has 1 amide bonds. The molecule has 3 N–H and O–H groups in total. The zero-order chi connectivity index (χ0) is 13.7. The quantitative estimate of drug-likeness (QED) is 0.844. The van der Waals surface area contributed by atoms with Gasteiger partial charge >= 0.3 is 0 Å². The normalized spacial score (nSPS) is 9.95. The fourth-order valence-corrected chi connectivity index (χ4v) is 1.69. The molecule has 0 saturated carbocycles. The smallest absolute Gasteiger partial charge is 0.262 e. The Morgan fingerprint density at radius 2 is 1.84 bits per heavy atom. The van der Waals surface area contributed by atoms with Gasteiger partial charge in [-0.3, -0.25) is 4.79 Å². The minimum Gasteiger partial charge on any atom is -0.482 e. The van der Waals surface area contributed by atoms with E-state index in [1.165, 1.54) is 0 Å². The molecule has 5 heteroatoms. The Hall–Kier alpha value is -2.20. The molecule has 2 rings (SSSR count). The third kappa shape index (κ3) is 3.63. The maximum Gasteiger partial charge on any atom is 0.262 e. The van der Waals surface area contributed by atoms with Crippen LogP contribution in [0.2, 0.25) is 5.02 Å². The van der Waals surface area contributed by atoms with E-state index in [9.17, 15) is 4.79 Å². The van der Waals surface area contributed by atoms with Gasteiger partial charge in [0.25, 0.3) is 5.91 Å². The summed E-state index contributed by atoms with van der Waals surface area (Å²) in [5.41, 5.74) is 6.75. The lowest BCUT2D eigenvalue weighted by atomic mass is 10.3. The molecule has 0 aliphatic heterocycles. The largest absolute Gasteiger partial charge is 0.482 e. The predicted molar refractivity (Wildman–Crippen MR) is 76.4 cm³/mol. The molecule has 0 aliphatic rings. The third-order valence-electron chi connectivity index (χ3n) is 2.43. The first-order chi connectivity index (χ1) is 9.16. The number of halogens is 1. The summed E-state index contributed by atoms with van der Waals surface area (Å²) in [5, 5.41) is 3.14. The van der Waals surface area contributed by atoms with E-state index in [1.807, 2.05) is 0 Å². The van der Waals surface area contributed by atoms with Crippen molar-refractivity contribution in [2.75, 3.05) is 17.7 Å². The Bertz CT molecular complexity index is 587. The highest BCUT2D eigenvalue weighted by molar-refractivity contribution is 6.33. The lowest BCUT2D eigenvalue weighted by molar-refractivity contribution is -0.118. The van der Waals surface area contributed by atoms with E-state index in [2.05, 4.69) is 5.32 Å². The first-order valence-electron chi connectivity index (χ1n) is 5.68. The molecular weight excluding hydrogens is 264 g/mol.